The van der Waals surface area contributed by atoms with Gasteiger partial charge in [0.25, 0.3) is 0 Å². The summed E-state index contributed by atoms with van der Waals surface area (Å²) in [6.45, 7) is 3.51. The molecular formula is C12H18N2O5. The average Bonchev–Trinajstić information content (AvgIpc) is 2.66. The summed E-state index contributed by atoms with van der Waals surface area (Å²) in [6, 6.07) is -1.03. The number of carboxylic acid groups (broad SMARTS) is 1. The van der Waals surface area contributed by atoms with E-state index < -0.39 is 12.0 Å². The molecule has 0 aliphatic heterocycles. The minimum absolute atomic E-state index is 0.0631. The minimum atomic E-state index is -1.12. The van der Waals surface area contributed by atoms with Crippen molar-refractivity contribution in [1.82, 2.24) is 10.5 Å². The van der Waals surface area contributed by atoms with Crippen LogP contribution in [0, 0.1) is 13.8 Å². The van der Waals surface area contributed by atoms with Crippen LogP contribution >= 0.6 is 0 Å². The van der Waals surface area contributed by atoms with Gasteiger partial charge in [-0.05, 0) is 20.3 Å². The Labute approximate surface area is 110 Å². The Morgan fingerprint density at radius 1 is 1.47 bits per heavy atom. The molecule has 7 nitrogen and oxygen atoms in total. The van der Waals surface area contributed by atoms with E-state index in [1.807, 2.05) is 0 Å². The fourth-order valence-electron chi connectivity index (χ4n) is 1.71. The lowest BCUT2D eigenvalue weighted by Crippen LogP contribution is -2.43. The number of ether oxygens (including phenoxy) is 1. The molecule has 1 heterocycles. The highest BCUT2D eigenvalue weighted by atomic mass is 16.5. The largest absolute Gasteiger partial charge is 0.480 e. The molecule has 0 bridgehead atoms. The van der Waals surface area contributed by atoms with Gasteiger partial charge in [-0.2, -0.15) is 0 Å². The molecule has 0 fully saturated rings. The van der Waals surface area contributed by atoms with Gasteiger partial charge in [0.2, 0.25) is 5.91 Å². The molecule has 0 radical (unpaired) electrons. The zero-order chi connectivity index (χ0) is 14.4. The number of amides is 1. The summed E-state index contributed by atoms with van der Waals surface area (Å²) in [5.41, 5.74) is 1.63. The van der Waals surface area contributed by atoms with Crippen molar-refractivity contribution in [2.75, 3.05) is 13.7 Å². The van der Waals surface area contributed by atoms with Gasteiger partial charge in [0, 0.05) is 19.1 Å². The molecule has 2 N–H and O–H groups in total. The van der Waals surface area contributed by atoms with Gasteiger partial charge in [-0.3, -0.25) is 4.79 Å². The Morgan fingerprint density at radius 3 is 2.63 bits per heavy atom. The van der Waals surface area contributed by atoms with Crippen LogP contribution in [0.15, 0.2) is 4.52 Å². The quantitative estimate of drug-likeness (QED) is 0.745. The van der Waals surface area contributed by atoms with Gasteiger partial charge < -0.3 is 19.7 Å². The standard InChI is InChI=1S/C12H18N2O5/c1-7-9(8(2)19-14-7)4-5-11(15)13-10(6-18-3)12(16)17/h10H,4-6H2,1-3H3,(H,13,15)(H,16,17). The predicted octanol–water partition coefficient (Wildman–Crippen LogP) is 0.440. The Balaban J connectivity index is 2.49. The topological polar surface area (TPSA) is 102 Å². The Bertz CT molecular complexity index is 435. The zero-order valence-electron chi connectivity index (χ0n) is 11.2. The van der Waals surface area contributed by atoms with Crippen LogP contribution in [-0.4, -0.2) is 41.9 Å². The van der Waals surface area contributed by atoms with Gasteiger partial charge in [0.1, 0.15) is 5.76 Å². The van der Waals surface area contributed by atoms with Crippen LogP contribution in [0.4, 0.5) is 0 Å². The maximum atomic E-state index is 11.7. The Kier molecular flexibility index (Phi) is 5.50. The van der Waals surface area contributed by atoms with Crippen molar-refractivity contribution < 1.29 is 24.0 Å². The van der Waals surface area contributed by atoms with Crippen molar-refractivity contribution in [1.29, 1.82) is 0 Å². The molecule has 1 aromatic rings. The van der Waals surface area contributed by atoms with Crippen LogP contribution in [0.5, 0.6) is 0 Å². The van der Waals surface area contributed by atoms with Crippen molar-refractivity contribution >= 4 is 11.9 Å². The third-order valence-electron chi connectivity index (χ3n) is 2.75. The Hall–Kier alpha value is -1.89. The summed E-state index contributed by atoms with van der Waals surface area (Å²) in [7, 11) is 1.38. The number of hydrogen-bond acceptors (Lipinski definition) is 5. The summed E-state index contributed by atoms with van der Waals surface area (Å²) in [6.07, 6.45) is 0.642. The van der Waals surface area contributed by atoms with Crippen LogP contribution in [0.2, 0.25) is 0 Å². The first-order valence-electron chi connectivity index (χ1n) is 5.88. The summed E-state index contributed by atoms with van der Waals surface area (Å²) in [5, 5.41) is 15.1. The summed E-state index contributed by atoms with van der Waals surface area (Å²) >= 11 is 0. The van der Waals surface area contributed by atoms with Crippen molar-refractivity contribution in [2.45, 2.75) is 32.7 Å². The van der Waals surface area contributed by atoms with E-state index in [4.69, 9.17) is 14.4 Å². The smallest absolute Gasteiger partial charge is 0.328 e. The number of carbonyl (C=O) groups is 2. The molecule has 0 aliphatic carbocycles. The van der Waals surface area contributed by atoms with E-state index in [0.717, 1.165) is 11.3 Å². The number of hydrogen-bond donors (Lipinski definition) is 2. The molecular weight excluding hydrogens is 252 g/mol. The van der Waals surface area contributed by atoms with Crippen molar-refractivity contribution in [3.8, 4) is 0 Å². The van der Waals surface area contributed by atoms with E-state index in [9.17, 15) is 9.59 Å². The summed E-state index contributed by atoms with van der Waals surface area (Å²) in [4.78, 5) is 22.5. The van der Waals surface area contributed by atoms with Gasteiger partial charge in [0.05, 0.1) is 12.3 Å². The molecule has 19 heavy (non-hydrogen) atoms. The first-order chi connectivity index (χ1) is 8.95. The fraction of sp³-hybridized carbons (Fsp3) is 0.583. The SMILES string of the molecule is COCC(NC(=O)CCc1c(C)noc1C)C(=O)O. The highest BCUT2D eigenvalue weighted by Crippen LogP contribution is 2.14. The normalized spacial score (nSPS) is 12.2. The first kappa shape index (κ1) is 15.2. The number of aromatic nitrogens is 1. The monoisotopic (exact) mass is 270 g/mol. The third-order valence-corrected chi connectivity index (χ3v) is 2.75. The lowest BCUT2D eigenvalue weighted by Gasteiger charge is -2.13. The van der Waals surface area contributed by atoms with Crippen LogP contribution in [0.1, 0.15) is 23.4 Å². The molecule has 0 aliphatic rings. The maximum Gasteiger partial charge on any atom is 0.328 e. The Morgan fingerprint density at radius 2 is 2.16 bits per heavy atom. The van der Waals surface area contributed by atoms with E-state index >= 15 is 0 Å². The van der Waals surface area contributed by atoms with Crippen LogP contribution in [0.3, 0.4) is 0 Å². The lowest BCUT2D eigenvalue weighted by atomic mass is 10.1. The lowest BCUT2D eigenvalue weighted by molar-refractivity contribution is -0.143. The first-order valence-corrected chi connectivity index (χ1v) is 5.88. The molecule has 0 saturated carbocycles. The predicted molar refractivity (Wildman–Crippen MR) is 65.7 cm³/mol. The average molecular weight is 270 g/mol. The molecule has 0 saturated heterocycles. The molecule has 1 aromatic heterocycles. The molecule has 106 valence electrons. The van der Waals surface area contributed by atoms with Gasteiger partial charge in [-0.1, -0.05) is 5.16 Å². The van der Waals surface area contributed by atoms with Crippen LogP contribution in [-0.2, 0) is 20.7 Å². The van der Waals surface area contributed by atoms with Crippen molar-refractivity contribution in [3.05, 3.63) is 17.0 Å². The van der Waals surface area contributed by atoms with E-state index in [-0.39, 0.29) is 18.9 Å². The van der Waals surface area contributed by atoms with Crippen LogP contribution < -0.4 is 5.32 Å². The molecule has 0 spiro atoms. The van der Waals surface area contributed by atoms with E-state index in [0.29, 0.717) is 12.2 Å². The number of aryl methyl sites for hydroxylation is 2. The molecule has 7 heteroatoms. The molecule has 0 aromatic carbocycles. The van der Waals surface area contributed by atoms with Gasteiger partial charge in [-0.25, -0.2) is 4.79 Å². The molecule has 1 unspecified atom stereocenters. The second-order valence-electron chi connectivity index (χ2n) is 4.22. The number of rotatable bonds is 7. The maximum absolute atomic E-state index is 11.7. The molecule has 1 atom stereocenters. The third kappa shape index (κ3) is 4.36. The number of carboxylic acids is 1. The molecule has 1 rings (SSSR count). The number of aliphatic carboxylic acids is 1. The summed E-state index contributed by atoms with van der Waals surface area (Å²) in [5.74, 6) is -0.783. The van der Waals surface area contributed by atoms with Crippen molar-refractivity contribution in [3.63, 3.8) is 0 Å². The van der Waals surface area contributed by atoms with Gasteiger partial charge in [-0.15, -0.1) is 0 Å². The summed E-state index contributed by atoms with van der Waals surface area (Å²) < 4.78 is 9.72. The van der Waals surface area contributed by atoms with Gasteiger partial charge >= 0.3 is 5.97 Å². The van der Waals surface area contributed by atoms with E-state index in [1.165, 1.54) is 7.11 Å². The van der Waals surface area contributed by atoms with Crippen LogP contribution in [0.25, 0.3) is 0 Å². The highest BCUT2D eigenvalue weighted by molar-refractivity contribution is 5.83. The number of nitrogens with zero attached hydrogens (tertiary/aromatic N) is 1. The fourth-order valence-corrected chi connectivity index (χ4v) is 1.71. The second-order valence-corrected chi connectivity index (χ2v) is 4.22. The number of methoxy groups -OCH3 is 1. The minimum Gasteiger partial charge on any atom is -0.480 e. The number of nitrogens with one attached hydrogen (secondary N) is 1. The van der Waals surface area contributed by atoms with E-state index in [1.54, 1.807) is 13.8 Å². The molecule has 1 amide bonds. The second kappa shape index (κ2) is 6.89. The zero-order valence-corrected chi connectivity index (χ0v) is 11.2. The van der Waals surface area contributed by atoms with E-state index in [2.05, 4.69) is 10.5 Å². The number of carbonyl (C=O) groups excluding carboxylic acids is 1. The highest BCUT2D eigenvalue weighted by Gasteiger charge is 2.20. The van der Waals surface area contributed by atoms with Crippen molar-refractivity contribution in [2.24, 2.45) is 0 Å². The van der Waals surface area contributed by atoms with Gasteiger partial charge in [0.15, 0.2) is 6.04 Å².